The summed E-state index contributed by atoms with van der Waals surface area (Å²) >= 11 is 1.56. The summed E-state index contributed by atoms with van der Waals surface area (Å²) in [5, 5.41) is 8.03. The quantitative estimate of drug-likeness (QED) is 0.852. The number of nitrogens with zero attached hydrogens (tertiary/aromatic N) is 2. The highest BCUT2D eigenvalue weighted by Crippen LogP contribution is 2.32. The predicted octanol–water partition coefficient (Wildman–Crippen LogP) is 3.92. The molecule has 0 radical (unpaired) electrons. The van der Waals surface area contributed by atoms with Crippen molar-refractivity contribution >= 4 is 11.8 Å². The number of hydrogen-bond acceptors (Lipinski definition) is 3. The molecule has 1 N–H and O–H groups in total. The molecule has 5 heteroatoms. The molecule has 2 rings (SSSR count). The van der Waals surface area contributed by atoms with E-state index in [1.54, 1.807) is 23.9 Å². The minimum absolute atomic E-state index is 0.196. The molecule has 18 heavy (non-hydrogen) atoms. The van der Waals surface area contributed by atoms with Crippen molar-refractivity contribution < 1.29 is 4.39 Å². The van der Waals surface area contributed by atoms with E-state index in [9.17, 15) is 4.39 Å². The zero-order valence-corrected chi connectivity index (χ0v) is 11.5. The molecule has 0 saturated carbocycles. The third-order valence-corrected chi connectivity index (χ3v) is 3.67. The minimum atomic E-state index is -0.212. The van der Waals surface area contributed by atoms with Crippen molar-refractivity contribution in [2.75, 3.05) is 0 Å². The molecule has 0 spiro atoms. The second-order valence-corrected chi connectivity index (χ2v) is 5.78. The molecule has 1 aromatic carbocycles. The molecule has 3 nitrogen and oxygen atoms in total. The molecule has 1 heterocycles. The fourth-order valence-electron chi connectivity index (χ4n) is 1.53. The number of hydrogen-bond donors (Lipinski definition) is 1. The van der Waals surface area contributed by atoms with E-state index in [1.807, 2.05) is 0 Å². The van der Waals surface area contributed by atoms with Crippen LogP contribution < -0.4 is 0 Å². The maximum Gasteiger partial charge on any atom is 0.209 e. The summed E-state index contributed by atoms with van der Waals surface area (Å²) < 4.78 is 12.8. The molecule has 0 aliphatic rings. The van der Waals surface area contributed by atoms with Crippen molar-refractivity contribution in [2.24, 2.45) is 0 Å². The van der Waals surface area contributed by atoms with Crippen LogP contribution in [0.2, 0.25) is 0 Å². The topological polar surface area (TPSA) is 41.6 Å². The number of thioether (sulfide) groups is 1. The molecule has 0 fully saturated rings. The van der Waals surface area contributed by atoms with E-state index < -0.39 is 0 Å². The van der Waals surface area contributed by atoms with Gasteiger partial charge in [-0.2, -0.15) is 0 Å². The average Bonchev–Trinajstić information content (AvgIpc) is 2.78. The van der Waals surface area contributed by atoms with E-state index in [4.69, 9.17) is 0 Å². The Morgan fingerprint density at radius 1 is 1.17 bits per heavy atom. The Morgan fingerprint density at radius 2 is 1.83 bits per heavy atom. The normalized spacial score (nSPS) is 12.9. The SMILES string of the molecule is CC(C)c1nc(S[C@@H](C)c2ccc(F)cc2)n[nH]1. The van der Waals surface area contributed by atoms with Crippen LogP contribution in [0.15, 0.2) is 29.4 Å². The van der Waals surface area contributed by atoms with Gasteiger partial charge in [-0.05, 0) is 24.6 Å². The van der Waals surface area contributed by atoms with Gasteiger partial charge in [-0.1, -0.05) is 37.7 Å². The van der Waals surface area contributed by atoms with Crippen LogP contribution >= 0.6 is 11.8 Å². The summed E-state index contributed by atoms with van der Waals surface area (Å²) in [7, 11) is 0. The lowest BCUT2D eigenvalue weighted by Crippen LogP contribution is -1.91. The zero-order valence-electron chi connectivity index (χ0n) is 10.6. The van der Waals surface area contributed by atoms with Crippen LogP contribution in [-0.2, 0) is 0 Å². The summed E-state index contributed by atoms with van der Waals surface area (Å²) in [5.41, 5.74) is 1.07. The molecule has 0 amide bonds. The molecule has 0 unspecified atom stereocenters. The maximum atomic E-state index is 12.8. The number of rotatable bonds is 4. The van der Waals surface area contributed by atoms with Crippen LogP contribution in [0.3, 0.4) is 0 Å². The number of aromatic amines is 1. The summed E-state index contributed by atoms with van der Waals surface area (Å²) in [6, 6.07) is 6.54. The number of benzene rings is 1. The van der Waals surface area contributed by atoms with Crippen LogP contribution in [0, 0.1) is 5.82 Å². The molecule has 1 aromatic heterocycles. The van der Waals surface area contributed by atoms with Gasteiger partial charge >= 0.3 is 0 Å². The van der Waals surface area contributed by atoms with Gasteiger partial charge in [-0.25, -0.2) is 9.37 Å². The first-order valence-electron chi connectivity index (χ1n) is 5.90. The average molecular weight is 265 g/mol. The lowest BCUT2D eigenvalue weighted by molar-refractivity contribution is 0.627. The Hall–Kier alpha value is -1.36. The Balaban J connectivity index is 2.06. The summed E-state index contributed by atoms with van der Waals surface area (Å²) in [4.78, 5) is 4.42. The van der Waals surface area contributed by atoms with Crippen LogP contribution in [-0.4, -0.2) is 15.2 Å². The molecular formula is C13H16FN3S. The first kappa shape index (κ1) is 13.1. The first-order valence-corrected chi connectivity index (χ1v) is 6.78. The van der Waals surface area contributed by atoms with Gasteiger partial charge in [0.15, 0.2) is 0 Å². The van der Waals surface area contributed by atoms with Crippen LogP contribution in [0.1, 0.15) is 43.3 Å². The van der Waals surface area contributed by atoms with Crippen molar-refractivity contribution in [3.8, 4) is 0 Å². The maximum absolute atomic E-state index is 12.8. The smallest absolute Gasteiger partial charge is 0.209 e. The van der Waals surface area contributed by atoms with Crippen molar-refractivity contribution in [2.45, 2.75) is 37.1 Å². The summed E-state index contributed by atoms with van der Waals surface area (Å²) in [6.45, 7) is 6.19. The lowest BCUT2D eigenvalue weighted by Gasteiger charge is -2.08. The standard InChI is InChI=1S/C13H16FN3S/c1-8(2)12-15-13(17-16-12)18-9(3)10-4-6-11(14)7-5-10/h4-9H,1-3H3,(H,15,16,17)/t9-/m0/s1. The number of aromatic nitrogens is 3. The molecule has 96 valence electrons. The summed E-state index contributed by atoms with van der Waals surface area (Å²) in [5.74, 6) is 1.02. The molecular weight excluding hydrogens is 249 g/mol. The Labute approximate surface area is 110 Å². The summed E-state index contributed by atoms with van der Waals surface area (Å²) in [6.07, 6.45) is 0. The second kappa shape index (κ2) is 5.52. The van der Waals surface area contributed by atoms with Crippen LogP contribution in [0.25, 0.3) is 0 Å². The Bertz CT molecular complexity index is 507. The van der Waals surface area contributed by atoms with Gasteiger partial charge in [-0.3, -0.25) is 5.10 Å². The molecule has 0 bridgehead atoms. The Kier molecular flexibility index (Phi) is 4.01. The largest absolute Gasteiger partial charge is 0.262 e. The Morgan fingerprint density at radius 3 is 2.39 bits per heavy atom. The highest BCUT2D eigenvalue weighted by atomic mass is 32.2. The lowest BCUT2D eigenvalue weighted by atomic mass is 10.2. The van der Waals surface area contributed by atoms with E-state index in [1.165, 1.54) is 12.1 Å². The molecule has 0 aliphatic heterocycles. The van der Waals surface area contributed by atoms with Gasteiger partial charge in [0.2, 0.25) is 5.16 Å². The van der Waals surface area contributed by atoms with Gasteiger partial charge in [0, 0.05) is 11.2 Å². The van der Waals surface area contributed by atoms with Gasteiger partial charge in [0.25, 0.3) is 0 Å². The van der Waals surface area contributed by atoms with Gasteiger partial charge < -0.3 is 0 Å². The number of halogens is 1. The highest BCUT2D eigenvalue weighted by Gasteiger charge is 2.12. The fraction of sp³-hybridized carbons (Fsp3) is 0.385. The van der Waals surface area contributed by atoms with Crippen molar-refractivity contribution in [3.63, 3.8) is 0 Å². The molecule has 2 aromatic rings. The van der Waals surface area contributed by atoms with Crippen LogP contribution in [0.5, 0.6) is 0 Å². The van der Waals surface area contributed by atoms with Crippen molar-refractivity contribution in [3.05, 3.63) is 41.5 Å². The van der Waals surface area contributed by atoms with E-state index in [0.717, 1.165) is 16.5 Å². The predicted molar refractivity (Wildman–Crippen MR) is 71.1 cm³/mol. The van der Waals surface area contributed by atoms with Crippen molar-refractivity contribution in [1.29, 1.82) is 0 Å². The van der Waals surface area contributed by atoms with Gasteiger partial charge in [0.1, 0.15) is 11.6 Å². The van der Waals surface area contributed by atoms with E-state index in [0.29, 0.717) is 5.92 Å². The van der Waals surface area contributed by atoms with E-state index >= 15 is 0 Å². The number of H-pyrrole nitrogens is 1. The molecule has 1 atom stereocenters. The van der Waals surface area contributed by atoms with Crippen molar-refractivity contribution in [1.82, 2.24) is 15.2 Å². The van der Waals surface area contributed by atoms with E-state index in [2.05, 4.69) is 36.0 Å². The second-order valence-electron chi connectivity index (χ2n) is 4.47. The third kappa shape index (κ3) is 3.10. The van der Waals surface area contributed by atoms with Gasteiger partial charge in [-0.15, -0.1) is 5.10 Å². The van der Waals surface area contributed by atoms with E-state index in [-0.39, 0.29) is 11.1 Å². The van der Waals surface area contributed by atoms with Gasteiger partial charge in [0.05, 0.1) is 0 Å². The highest BCUT2D eigenvalue weighted by molar-refractivity contribution is 7.99. The fourth-order valence-corrected chi connectivity index (χ4v) is 2.39. The monoisotopic (exact) mass is 265 g/mol. The zero-order chi connectivity index (χ0) is 13.1. The minimum Gasteiger partial charge on any atom is -0.262 e. The molecule has 0 aliphatic carbocycles. The first-order chi connectivity index (χ1) is 8.56. The van der Waals surface area contributed by atoms with Crippen LogP contribution in [0.4, 0.5) is 4.39 Å². The molecule has 0 saturated heterocycles. The third-order valence-electron chi connectivity index (χ3n) is 2.65. The number of nitrogens with one attached hydrogen (secondary N) is 1.